The summed E-state index contributed by atoms with van der Waals surface area (Å²) in [5, 5.41) is 0. The molecule has 0 aliphatic heterocycles. The van der Waals surface area contributed by atoms with Crippen molar-refractivity contribution in [2.24, 2.45) is 16.7 Å². The van der Waals surface area contributed by atoms with Gasteiger partial charge in [0.2, 0.25) is 0 Å². The van der Waals surface area contributed by atoms with Crippen LogP contribution >= 0.6 is 0 Å². The minimum atomic E-state index is -0.210. The Morgan fingerprint density at radius 2 is 1.81 bits per heavy atom. The minimum absolute atomic E-state index is 0. The van der Waals surface area contributed by atoms with Gasteiger partial charge in [0.1, 0.15) is 6.10 Å². The summed E-state index contributed by atoms with van der Waals surface area (Å²) in [7, 11) is 0. The molecule has 3 unspecified atom stereocenters. The zero-order chi connectivity index (χ0) is 9.85. The number of halogens is 2. The third-order valence-electron chi connectivity index (χ3n) is 3.61. The van der Waals surface area contributed by atoms with Crippen LogP contribution in [0.5, 0.6) is 0 Å². The van der Waals surface area contributed by atoms with E-state index in [1.807, 2.05) is 0 Å². The molecule has 0 N–H and O–H groups in total. The molecule has 0 saturated heterocycles. The molecule has 0 bridgehead atoms. The molecule has 0 amide bonds. The van der Waals surface area contributed by atoms with Gasteiger partial charge < -0.3 is 29.6 Å². The Morgan fingerprint density at radius 3 is 2.06 bits per heavy atom. The Kier molecular flexibility index (Phi) is 6.66. The van der Waals surface area contributed by atoms with E-state index in [4.69, 9.17) is 11.7 Å². The predicted molar refractivity (Wildman–Crippen MR) is 48.8 cm³/mol. The summed E-state index contributed by atoms with van der Waals surface area (Å²) in [6.45, 7) is 12.0. The average molecular weight is 446 g/mol. The van der Waals surface area contributed by atoms with E-state index >= 15 is 0 Å². The van der Waals surface area contributed by atoms with Gasteiger partial charge in [-0.15, -0.1) is 0 Å². The first kappa shape index (κ1) is 19.1. The van der Waals surface area contributed by atoms with Crippen molar-refractivity contribution in [2.75, 3.05) is 0 Å². The monoisotopic (exact) mass is 445 g/mol. The first-order valence-electron chi connectivity index (χ1n) is 4.82. The molecule has 2 aliphatic rings. The van der Waals surface area contributed by atoms with Crippen LogP contribution < -0.4 is 24.8 Å². The van der Waals surface area contributed by atoms with Crippen LogP contribution in [0.3, 0.4) is 0 Å². The first-order chi connectivity index (χ1) is 5.86. The van der Waals surface area contributed by atoms with E-state index < -0.39 is 0 Å². The van der Waals surface area contributed by atoms with Crippen LogP contribution in [0.1, 0.15) is 33.6 Å². The van der Waals surface area contributed by atoms with Gasteiger partial charge >= 0.3 is 27.0 Å². The summed E-state index contributed by atoms with van der Waals surface area (Å²) in [4.78, 5) is 10.8. The molecule has 0 aromatic rings. The Balaban J connectivity index is 0. The number of esters is 1. The van der Waals surface area contributed by atoms with Gasteiger partial charge in [0, 0.05) is 12.3 Å². The van der Waals surface area contributed by atoms with Crippen molar-refractivity contribution in [2.45, 2.75) is 39.7 Å². The van der Waals surface area contributed by atoms with Crippen molar-refractivity contribution in [1.82, 2.24) is 0 Å². The van der Waals surface area contributed by atoms with Crippen LogP contribution in [-0.2, 0) is 30.6 Å². The summed E-state index contributed by atoms with van der Waals surface area (Å²) in [6.07, 6.45) is 1.87. The Labute approximate surface area is 124 Å². The molecule has 5 heteroatoms. The molecule has 0 aromatic heterocycles. The summed E-state index contributed by atoms with van der Waals surface area (Å²) < 4.78 is 5.24. The maximum absolute atomic E-state index is 10.8. The summed E-state index contributed by atoms with van der Waals surface area (Å²) >= 11 is 0. The second-order valence-corrected chi connectivity index (χ2v) is 5.16. The second kappa shape index (κ2) is 5.59. The van der Waals surface area contributed by atoms with Crippen molar-refractivity contribution < 1.29 is 55.4 Å². The molecule has 3 atom stereocenters. The molecule has 2 radical (unpaired) electrons. The zero-order valence-corrected chi connectivity index (χ0v) is 13.3. The predicted octanol–water partition coefficient (Wildman–Crippen LogP) is -3.93. The Bertz CT molecular complexity index is 271. The van der Waals surface area contributed by atoms with Gasteiger partial charge in [-0.3, -0.25) is 4.79 Å². The topological polar surface area (TPSA) is 26.3 Å². The first-order valence-corrected chi connectivity index (χ1v) is 4.82. The van der Waals surface area contributed by atoms with E-state index in [-0.39, 0.29) is 68.8 Å². The van der Waals surface area contributed by atoms with Crippen molar-refractivity contribution in [3.8, 4) is 0 Å². The van der Waals surface area contributed by atoms with Crippen LogP contribution in [-0.4, -0.2) is 12.1 Å². The summed E-state index contributed by atoms with van der Waals surface area (Å²) in [5.41, 5.74) is 0.0457. The average Bonchev–Trinajstić information content (AvgIpc) is 2.56. The van der Waals surface area contributed by atoms with Crippen molar-refractivity contribution in [3.05, 3.63) is 6.92 Å². The third-order valence-corrected chi connectivity index (χ3v) is 3.61. The molecule has 2 saturated carbocycles. The van der Waals surface area contributed by atoms with Gasteiger partial charge in [-0.1, -0.05) is 13.8 Å². The minimum Gasteiger partial charge on any atom is -1.00 e. The zero-order valence-electron chi connectivity index (χ0n) is 9.53. The van der Waals surface area contributed by atoms with Crippen molar-refractivity contribution >= 4 is 5.97 Å². The number of ether oxygens (including phenoxy) is 1. The van der Waals surface area contributed by atoms with Crippen molar-refractivity contribution in [1.29, 1.82) is 0 Å². The number of hydrogen-bond donors (Lipinski definition) is 0. The van der Waals surface area contributed by atoms with Crippen molar-refractivity contribution in [3.63, 3.8) is 0 Å². The normalized spacial score (nSPS) is 37.0. The fourth-order valence-corrected chi connectivity index (χ4v) is 2.82. The van der Waals surface area contributed by atoms with E-state index in [1.54, 1.807) is 0 Å². The Hall–Kier alpha value is 0.738. The summed E-state index contributed by atoms with van der Waals surface area (Å²) in [5.74, 6) is 0.336. The fraction of sp³-hybridized carbons (Fsp3) is 0.818. The number of hydrogen-bond acceptors (Lipinski definition) is 2. The van der Waals surface area contributed by atoms with Gasteiger partial charge in [0.25, 0.3) is 0 Å². The standard InChI is InChI=1S/C11H16O2.2ClH.Pt/c1-7(12)13-9-6-10(2,3)8-5-11(8,9)4;;;/h4,8-9H,5-6H2,1-3H3;2*1H;/q;;;+2/p-2. The molecule has 96 valence electrons. The maximum Gasteiger partial charge on any atom is 2.00 e. The molecule has 16 heavy (non-hydrogen) atoms. The van der Waals surface area contributed by atoms with Crippen LogP contribution in [0.15, 0.2) is 0 Å². The van der Waals surface area contributed by atoms with Crippen LogP contribution in [0, 0.1) is 23.7 Å². The SMILES string of the molecule is [CH]C12CC1C(C)(C)CC2OC(C)=O.[Cl-].[Cl-].[Pt+2]. The Morgan fingerprint density at radius 1 is 1.31 bits per heavy atom. The molecule has 0 spiro atoms. The van der Waals surface area contributed by atoms with Crippen LogP contribution in [0.25, 0.3) is 0 Å². The smallest absolute Gasteiger partial charge is 1.00 e. The summed E-state index contributed by atoms with van der Waals surface area (Å²) in [6, 6.07) is 0. The third kappa shape index (κ3) is 2.94. The van der Waals surface area contributed by atoms with E-state index in [2.05, 4.69) is 13.8 Å². The van der Waals surface area contributed by atoms with Gasteiger partial charge in [0.15, 0.2) is 0 Å². The van der Waals surface area contributed by atoms with Gasteiger partial charge in [-0.25, -0.2) is 0 Å². The number of carbonyl (C=O) groups is 1. The van der Waals surface area contributed by atoms with E-state index in [1.165, 1.54) is 6.92 Å². The quantitative estimate of drug-likeness (QED) is 0.385. The molecule has 2 fully saturated rings. The maximum atomic E-state index is 10.8. The molecule has 2 aliphatic carbocycles. The number of fused-ring (bicyclic) bond motifs is 1. The molecular weight excluding hydrogens is 430 g/mol. The largest absolute Gasteiger partial charge is 2.00 e. The second-order valence-electron chi connectivity index (χ2n) is 5.16. The molecule has 2 rings (SSSR count). The molecule has 0 heterocycles. The number of carbonyl (C=O) groups excluding carboxylic acids is 1. The van der Waals surface area contributed by atoms with Gasteiger partial charge in [-0.2, -0.15) is 0 Å². The molecular formula is C11H16Cl2O2Pt. The van der Waals surface area contributed by atoms with Gasteiger partial charge in [-0.05, 0) is 31.1 Å². The van der Waals surface area contributed by atoms with Crippen LogP contribution in [0.4, 0.5) is 0 Å². The molecule has 0 aromatic carbocycles. The van der Waals surface area contributed by atoms with E-state index in [0.717, 1.165) is 12.8 Å². The van der Waals surface area contributed by atoms with Crippen LogP contribution in [0.2, 0.25) is 0 Å². The van der Waals surface area contributed by atoms with Gasteiger partial charge in [0.05, 0.1) is 0 Å². The van der Waals surface area contributed by atoms with E-state index in [0.29, 0.717) is 5.92 Å². The fourth-order valence-electron chi connectivity index (χ4n) is 2.82. The molecule has 2 nitrogen and oxygen atoms in total. The van der Waals surface area contributed by atoms with E-state index in [9.17, 15) is 4.79 Å². The number of rotatable bonds is 1.